The summed E-state index contributed by atoms with van der Waals surface area (Å²) in [6.45, 7) is 1.61. The van der Waals surface area contributed by atoms with Crippen molar-refractivity contribution in [2.45, 2.75) is 44.4 Å². The molecular weight excluding hydrogens is 265 g/mol. The molecular formula is C18H22FNO. The van der Waals surface area contributed by atoms with E-state index in [1.807, 2.05) is 11.0 Å². The summed E-state index contributed by atoms with van der Waals surface area (Å²) in [5.41, 5.74) is 1.42. The van der Waals surface area contributed by atoms with Crippen LogP contribution >= 0.6 is 0 Å². The summed E-state index contributed by atoms with van der Waals surface area (Å²) in [4.78, 5) is 14.8. The number of carbonyl (C=O) groups is 1. The third kappa shape index (κ3) is 2.27. The first-order valence-corrected chi connectivity index (χ1v) is 8.22. The van der Waals surface area contributed by atoms with Crippen molar-refractivity contribution in [2.24, 2.45) is 11.3 Å². The van der Waals surface area contributed by atoms with Gasteiger partial charge in [0.2, 0.25) is 5.91 Å². The van der Waals surface area contributed by atoms with Crippen LogP contribution in [0, 0.1) is 17.2 Å². The molecule has 1 aromatic rings. The average molecular weight is 287 g/mol. The van der Waals surface area contributed by atoms with Crippen LogP contribution in [0.15, 0.2) is 24.3 Å². The van der Waals surface area contributed by atoms with Gasteiger partial charge in [0.05, 0.1) is 0 Å². The van der Waals surface area contributed by atoms with E-state index < -0.39 is 0 Å². The van der Waals surface area contributed by atoms with Crippen LogP contribution in [0.2, 0.25) is 0 Å². The first-order valence-electron chi connectivity index (χ1n) is 8.22. The Bertz CT molecular complexity index is 566. The molecule has 1 saturated heterocycles. The maximum atomic E-state index is 13.4. The summed E-state index contributed by atoms with van der Waals surface area (Å²) >= 11 is 0. The molecule has 2 aliphatic carbocycles. The first kappa shape index (κ1) is 13.3. The second-order valence-corrected chi connectivity index (χ2v) is 7.13. The molecule has 0 radical (unpaired) electrons. The molecule has 0 aromatic heterocycles. The molecule has 3 aliphatic rings. The summed E-state index contributed by atoms with van der Waals surface area (Å²) in [5.74, 6) is 0.791. The molecule has 1 spiro atoms. The second-order valence-electron chi connectivity index (χ2n) is 7.13. The molecule has 3 fully saturated rings. The summed E-state index contributed by atoms with van der Waals surface area (Å²) in [6.07, 6.45) is 7.03. The third-order valence-corrected chi connectivity index (χ3v) is 5.92. The van der Waals surface area contributed by atoms with Gasteiger partial charge >= 0.3 is 0 Å². The maximum Gasteiger partial charge on any atom is 0.226 e. The normalized spacial score (nSPS) is 30.0. The maximum absolute atomic E-state index is 13.4. The molecule has 0 N–H and O–H groups in total. The fourth-order valence-electron chi connectivity index (χ4n) is 4.50. The highest BCUT2D eigenvalue weighted by Crippen LogP contribution is 2.61. The summed E-state index contributed by atoms with van der Waals surface area (Å²) in [7, 11) is 0. The Hall–Kier alpha value is -1.38. The average Bonchev–Trinajstić information content (AvgIpc) is 2.92. The Kier molecular flexibility index (Phi) is 3.05. The van der Waals surface area contributed by atoms with E-state index in [4.69, 9.17) is 0 Å². The standard InChI is InChI=1S/C18H22FNO/c19-15-4-1-3-13(11-15)14-6-10-20(12-14)17(21)16-5-2-7-18(16)8-9-18/h1,3-4,11,14,16H,2,5-10,12H2. The van der Waals surface area contributed by atoms with Crippen LogP contribution in [0.5, 0.6) is 0 Å². The molecule has 112 valence electrons. The van der Waals surface area contributed by atoms with Crippen LogP contribution in [-0.4, -0.2) is 23.9 Å². The molecule has 4 rings (SSSR count). The van der Waals surface area contributed by atoms with E-state index in [2.05, 4.69) is 0 Å². The van der Waals surface area contributed by atoms with Gasteiger partial charge in [-0.2, -0.15) is 0 Å². The second kappa shape index (κ2) is 4.82. The van der Waals surface area contributed by atoms with Crippen molar-refractivity contribution in [3.8, 4) is 0 Å². The minimum absolute atomic E-state index is 0.176. The molecule has 2 atom stereocenters. The van der Waals surface area contributed by atoms with Crippen LogP contribution in [0.25, 0.3) is 0 Å². The van der Waals surface area contributed by atoms with E-state index in [9.17, 15) is 9.18 Å². The number of hydrogen-bond acceptors (Lipinski definition) is 1. The topological polar surface area (TPSA) is 20.3 Å². The van der Waals surface area contributed by atoms with Gasteiger partial charge in [-0.25, -0.2) is 4.39 Å². The number of carbonyl (C=O) groups excluding carboxylic acids is 1. The number of halogens is 1. The molecule has 1 heterocycles. The van der Waals surface area contributed by atoms with Gasteiger partial charge in [-0.3, -0.25) is 4.79 Å². The first-order chi connectivity index (χ1) is 10.2. The smallest absolute Gasteiger partial charge is 0.226 e. The molecule has 0 bridgehead atoms. The van der Waals surface area contributed by atoms with Crippen molar-refractivity contribution in [1.29, 1.82) is 0 Å². The van der Waals surface area contributed by atoms with Crippen molar-refractivity contribution in [1.82, 2.24) is 4.90 Å². The number of likely N-dealkylation sites (tertiary alicyclic amines) is 1. The Morgan fingerprint density at radius 2 is 2.10 bits per heavy atom. The summed E-state index contributed by atoms with van der Waals surface area (Å²) in [5, 5.41) is 0. The predicted octanol–water partition coefficient (Wildman–Crippen LogP) is 3.72. The molecule has 21 heavy (non-hydrogen) atoms. The fourth-order valence-corrected chi connectivity index (χ4v) is 4.50. The highest BCUT2D eigenvalue weighted by atomic mass is 19.1. The lowest BCUT2D eigenvalue weighted by Crippen LogP contribution is -2.36. The summed E-state index contributed by atoms with van der Waals surface area (Å²) < 4.78 is 13.4. The zero-order chi connectivity index (χ0) is 14.4. The Morgan fingerprint density at radius 1 is 1.24 bits per heavy atom. The number of hydrogen-bond donors (Lipinski definition) is 0. The number of amides is 1. The van der Waals surface area contributed by atoms with Gasteiger partial charge in [0.25, 0.3) is 0 Å². The molecule has 2 unspecified atom stereocenters. The van der Waals surface area contributed by atoms with Crippen LogP contribution < -0.4 is 0 Å². The van der Waals surface area contributed by atoms with E-state index in [-0.39, 0.29) is 11.7 Å². The van der Waals surface area contributed by atoms with Gasteiger partial charge in [0.15, 0.2) is 0 Å². The predicted molar refractivity (Wildman–Crippen MR) is 79.3 cm³/mol. The van der Waals surface area contributed by atoms with Crippen molar-refractivity contribution < 1.29 is 9.18 Å². The van der Waals surface area contributed by atoms with Crippen LogP contribution in [0.4, 0.5) is 4.39 Å². The highest BCUT2D eigenvalue weighted by Gasteiger charge is 2.55. The van der Waals surface area contributed by atoms with Crippen LogP contribution in [0.3, 0.4) is 0 Å². The van der Waals surface area contributed by atoms with Gasteiger partial charge in [-0.05, 0) is 55.2 Å². The van der Waals surface area contributed by atoms with Crippen LogP contribution in [0.1, 0.15) is 50.0 Å². The van der Waals surface area contributed by atoms with E-state index in [1.54, 1.807) is 12.1 Å². The summed E-state index contributed by atoms with van der Waals surface area (Å²) in [6, 6.07) is 6.86. The van der Waals surface area contributed by atoms with Crippen molar-refractivity contribution >= 4 is 5.91 Å². The number of benzene rings is 1. The van der Waals surface area contributed by atoms with Crippen molar-refractivity contribution in [3.63, 3.8) is 0 Å². The Balaban J connectivity index is 1.45. The van der Waals surface area contributed by atoms with Gasteiger partial charge in [0, 0.05) is 24.9 Å². The molecule has 1 aromatic carbocycles. The van der Waals surface area contributed by atoms with Gasteiger partial charge in [0.1, 0.15) is 5.82 Å². The minimum Gasteiger partial charge on any atom is -0.342 e. The van der Waals surface area contributed by atoms with E-state index >= 15 is 0 Å². The Labute approximate surface area is 125 Å². The zero-order valence-electron chi connectivity index (χ0n) is 12.4. The van der Waals surface area contributed by atoms with Crippen molar-refractivity contribution in [2.75, 3.05) is 13.1 Å². The molecule has 2 saturated carbocycles. The lowest BCUT2D eigenvalue weighted by Gasteiger charge is -2.24. The van der Waals surface area contributed by atoms with Crippen molar-refractivity contribution in [3.05, 3.63) is 35.6 Å². The SMILES string of the molecule is O=C(C1CCCC12CC2)N1CCC(c2cccc(F)c2)C1. The molecule has 3 heteroatoms. The zero-order valence-corrected chi connectivity index (χ0v) is 12.4. The number of rotatable bonds is 2. The molecule has 1 amide bonds. The monoisotopic (exact) mass is 287 g/mol. The third-order valence-electron chi connectivity index (χ3n) is 5.92. The lowest BCUT2D eigenvalue weighted by atomic mass is 9.91. The minimum atomic E-state index is -0.176. The molecule has 1 aliphatic heterocycles. The van der Waals surface area contributed by atoms with E-state index in [0.717, 1.165) is 31.5 Å². The number of nitrogens with zero attached hydrogens (tertiary/aromatic N) is 1. The molecule has 2 nitrogen and oxygen atoms in total. The quantitative estimate of drug-likeness (QED) is 0.812. The van der Waals surface area contributed by atoms with Gasteiger partial charge in [-0.15, -0.1) is 0 Å². The van der Waals surface area contributed by atoms with Gasteiger partial charge < -0.3 is 4.90 Å². The Morgan fingerprint density at radius 3 is 2.86 bits per heavy atom. The largest absolute Gasteiger partial charge is 0.342 e. The highest BCUT2D eigenvalue weighted by molar-refractivity contribution is 5.81. The lowest BCUT2D eigenvalue weighted by molar-refractivity contribution is -0.136. The fraction of sp³-hybridized carbons (Fsp3) is 0.611. The van der Waals surface area contributed by atoms with Crippen LogP contribution in [-0.2, 0) is 4.79 Å². The van der Waals surface area contributed by atoms with E-state index in [0.29, 0.717) is 17.2 Å². The van der Waals surface area contributed by atoms with Gasteiger partial charge in [-0.1, -0.05) is 18.6 Å². The van der Waals surface area contributed by atoms with E-state index in [1.165, 1.54) is 31.7 Å².